The van der Waals surface area contributed by atoms with E-state index in [9.17, 15) is 19.8 Å². The maximum absolute atomic E-state index is 12.2. The van der Waals surface area contributed by atoms with E-state index in [4.69, 9.17) is 0 Å². The van der Waals surface area contributed by atoms with Gasteiger partial charge < -0.3 is 20.4 Å². The largest absolute Gasteiger partial charge is 0.388 e. The Hall–Kier alpha value is -1.51. The quantitative estimate of drug-likeness (QED) is 0.716. The van der Waals surface area contributed by atoms with Gasteiger partial charge in [-0.1, -0.05) is 11.3 Å². The molecule has 0 unspecified atom stereocenters. The smallest absolute Gasteiger partial charge is 0.265 e. The summed E-state index contributed by atoms with van der Waals surface area (Å²) in [6.07, 6.45) is 0.747. The Labute approximate surface area is 120 Å². The summed E-state index contributed by atoms with van der Waals surface area (Å²) in [7, 11) is 0. The lowest BCUT2D eigenvalue weighted by Crippen LogP contribution is -2.55. The van der Waals surface area contributed by atoms with Gasteiger partial charge >= 0.3 is 0 Å². The van der Waals surface area contributed by atoms with Gasteiger partial charge in [-0.2, -0.15) is 0 Å². The number of hydrogen-bond acceptors (Lipinski definition) is 6. The monoisotopic (exact) mass is 299 g/mol. The van der Waals surface area contributed by atoms with Gasteiger partial charge in [-0.05, 0) is 13.3 Å². The summed E-state index contributed by atoms with van der Waals surface area (Å²) >= 11 is 1.09. The fourth-order valence-corrected chi connectivity index (χ4v) is 2.78. The first kappa shape index (κ1) is 14.9. The molecule has 0 aliphatic carbocycles. The minimum absolute atomic E-state index is 0.0825. The van der Waals surface area contributed by atoms with Crippen molar-refractivity contribution in [2.24, 2.45) is 0 Å². The molecule has 1 aliphatic heterocycles. The van der Waals surface area contributed by atoms with Crippen LogP contribution in [0.4, 0.5) is 5.13 Å². The number of aliphatic hydroxyl groups is 2. The van der Waals surface area contributed by atoms with Crippen LogP contribution in [-0.2, 0) is 4.79 Å². The third-order valence-corrected chi connectivity index (χ3v) is 4.19. The van der Waals surface area contributed by atoms with E-state index < -0.39 is 11.7 Å². The standard InChI is InChI=1S/C12H17N3O4S/c1-7(16)14-11-13-5-8(20-11)10(18)15-4-3-12(2,19)9(17)6-15/h5,9,17,19H,3-4,6H2,1-2H3,(H,13,14,16)/t9-,12-/m0/s1. The van der Waals surface area contributed by atoms with Crippen LogP contribution < -0.4 is 5.32 Å². The van der Waals surface area contributed by atoms with Crippen LogP contribution in [0.25, 0.3) is 0 Å². The Morgan fingerprint density at radius 3 is 2.90 bits per heavy atom. The predicted molar refractivity (Wildman–Crippen MR) is 73.6 cm³/mol. The Kier molecular flexibility index (Phi) is 4.07. The minimum Gasteiger partial charge on any atom is -0.388 e. The first-order valence-electron chi connectivity index (χ1n) is 6.23. The van der Waals surface area contributed by atoms with Crippen LogP contribution in [0.15, 0.2) is 6.20 Å². The van der Waals surface area contributed by atoms with Gasteiger partial charge in [0.25, 0.3) is 5.91 Å². The molecular formula is C12H17N3O4S. The number of amides is 2. The summed E-state index contributed by atoms with van der Waals surface area (Å²) in [5.74, 6) is -0.503. The lowest BCUT2D eigenvalue weighted by atomic mass is 9.91. The van der Waals surface area contributed by atoms with E-state index in [0.717, 1.165) is 11.3 Å². The van der Waals surface area contributed by atoms with Crippen molar-refractivity contribution < 1.29 is 19.8 Å². The van der Waals surface area contributed by atoms with Crippen LogP contribution in [-0.4, -0.2) is 56.7 Å². The maximum atomic E-state index is 12.2. The van der Waals surface area contributed by atoms with Crippen LogP contribution >= 0.6 is 11.3 Å². The van der Waals surface area contributed by atoms with Crippen LogP contribution in [0.2, 0.25) is 0 Å². The zero-order valence-electron chi connectivity index (χ0n) is 11.3. The summed E-state index contributed by atoms with van der Waals surface area (Å²) in [5.41, 5.74) is -1.16. The number of likely N-dealkylation sites (tertiary alicyclic amines) is 1. The van der Waals surface area contributed by atoms with Gasteiger partial charge in [0.1, 0.15) is 4.88 Å². The highest BCUT2D eigenvalue weighted by Gasteiger charge is 2.38. The summed E-state index contributed by atoms with van der Waals surface area (Å²) in [6, 6.07) is 0. The van der Waals surface area contributed by atoms with E-state index in [0.29, 0.717) is 23.0 Å². The summed E-state index contributed by atoms with van der Waals surface area (Å²) in [6.45, 7) is 3.38. The Balaban J connectivity index is 2.05. The number of nitrogens with zero attached hydrogens (tertiary/aromatic N) is 2. The first-order valence-corrected chi connectivity index (χ1v) is 7.04. The molecule has 2 amide bonds. The topological polar surface area (TPSA) is 103 Å². The number of aliphatic hydroxyl groups excluding tert-OH is 1. The van der Waals surface area contributed by atoms with Gasteiger partial charge in [0.05, 0.1) is 17.9 Å². The molecule has 1 fully saturated rings. The number of β-amino-alcohol motifs (C(OH)–C–C–N with tert-alkyl or cyclic N) is 1. The molecule has 2 rings (SSSR count). The van der Waals surface area contributed by atoms with Gasteiger partial charge in [-0.15, -0.1) is 0 Å². The molecule has 0 spiro atoms. The Morgan fingerprint density at radius 1 is 1.60 bits per heavy atom. The number of carbonyl (C=O) groups is 2. The molecule has 2 heterocycles. The molecule has 0 radical (unpaired) electrons. The normalized spacial score (nSPS) is 26.4. The highest BCUT2D eigenvalue weighted by atomic mass is 32.1. The zero-order chi connectivity index (χ0) is 14.9. The molecule has 110 valence electrons. The highest BCUT2D eigenvalue weighted by Crippen LogP contribution is 2.25. The van der Waals surface area contributed by atoms with Crippen molar-refractivity contribution in [2.75, 3.05) is 18.4 Å². The number of thiazole rings is 1. The second-order valence-corrected chi connectivity index (χ2v) is 6.12. The number of piperidine rings is 1. The average molecular weight is 299 g/mol. The first-order chi connectivity index (χ1) is 9.29. The van der Waals surface area contributed by atoms with Crippen molar-refractivity contribution in [2.45, 2.75) is 32.0 Å². The van der Waals surface area contributed by atoms with E-state index in [1.165, 1.54) is 18.0 Å². The number of anilines is 1. The van der Waals surface area contributed by atoms with Crippen molar-refractivity contribution in [3.63, 3.8) is 0 Å². The predicted octanol–water partition coefficient (Wildman–Crippen LogP) is 0.0593. The molecule has 7 nitrogen and oxygen atoms in total. The lowest BCUT2D eigenvalue weighted by molar-refractivity contribution is -0.114. The SMILES string of the molecule is CC(=O)Nc1ncc(C(=O)N2CC[C@](C)(O)[C@@H](O)C2)s1. The lowest BCUT2D eigenvalue weighted by Gasteiger charge is -2.39. The maximum Gasteiger partial charge on any atom is 0.265 e. The van der Waals surface area contributed by atoms with E-state index in [2.05, 4.69) is 10.3 Å². The Morgan fingerprint density at radius 2 is 2.30 bits per heavy atom. The van der Waals surface area contributed by atoms with Crippen LogP contribution in [0, 0.1) is 0 Å². The average Bonchev–Trinajstić information content (AvgIpc) is 2.79. The van der Waals surface area contributed by atoms with Crippen LogP contribution in [0.5, 0.6) is 0 Å². The molecular weight excluding hydrogens is 282 g/mol. The van der Waals surface area contributed by atoms with Crippen molar-refractivity contribution in [3.8, 4) is 0 Å². The molecule has 0 bridgehead atoms. The fourth-order valence-electron chi connectivity index (χ4n) is 1.95. The third-order valence-electron chi connectivity index (χ3n) is 3.29. The fraction of sp³-hybridized carbons (Fsp3) is 0.583. The number of aromatic nitrogens is 1. The van der Waals surface area contributed by atoms with Gasteiger partial charge in [0, 0.05) is 20.0 Å². The van der Waals surface area contributed by atoms with E-state index >= 15 is 0 Å². The van der Waals surface area contributed by atoms with Crippen molar-refractivity contribution in [1.82, 2.24) is 9.88 Å². The summed E-state index contributed by atoms with van der Waals surface area (Å²) in [4.78, 5) is 29.0. The zero-order valence-corrected chi connectivity index (χ0v) is 12.1. The summed E-state index contributed by atoms with van der Waals surface area (Å²) in [5, 5.41) is 22.6. The van der Waals surface area contributed by atoms with E-state index in [1.807, 2.05) is 0 Å². The van der Waals surface area contributed by atoms with Gasteiger partial charge in [0.15, 0.2) is 5.13 Å². The van der Waals surface area contributed by atoms with Crippen molar-refractivity contribution in [1.29, 1.82) is 0 Å². The number of rotatable bonds is 2. The number of carbonyl (C=O) groups excluding carboxylic acids is 2. The molecule has 2 atom stereocenters. The molecule has 3 N–H and O–H groups in total. The van der Waals surface area contributed by atoms with E-state index in [1.54, 1.807) is 6.92 Å². The van der Waals surface area contributed by atoms with Gasteiger partial charge in [-0.25, -0.2) is 4.98 Å². The van der Waals surface area contributed by atoms with Gasteiger partial charge in [0.2, 0.25) is 5.91 Å². The van der Waals surface area contributed by atoms with E-state index in [-0.39, 0.29) is 18.4 Å². The second kappa shape index (κ2) is 5.47. The molecule has 1 saturated heterocycles. The second-order valence-electron chi connectivity index (χ2n) is 5.08. The molecule has 0 aromatic carbocycles. The molecule has 1 aromatic heterocycles. The molecule has 0 saturated carbocycles. The van der Waals surface area contributed by atoms with Crippen molar-refractivity contribution >= 4 is 28.3 Å². The van der Waals surface area contributed by atoms with Gasteiger partial charge in [-0.3, -0.25) is 9.59 Å². The van der Waals surface area contributed by atoms with Crippen LogP contribution in [0.3, 0.4) is 0 Å². The molecule has 1 aromatic rings. The molecule has 20 heavy (non-hydrogen) atoms. The van der Waals surface area contributed by atoms with Crippen molar-refractivity contribution in [3.05, 3.63) is 11.1 Å². The minimum atomic E-state index is -1.16. The third kappa shape index (κ3) is 3.14. The Bertz CT molecular complexity index is 529. The summed E-state index contributed by atoms with van der Waals surface area (Å²) < 4.78 is 0. The molecule has 1 aliphatic rings. The molecule has 8 heteroatoms. The van der Waals surface area contributed by atoms with Crippen LogP contribution in [0.1, 0.15) is 29.9 Å². The number of hydrogen-bond donors (Lipinski definition) is 3. The highest BCUT2D eigenvalue weighted by molar-refractivity contribution is 7.17. The number of nitrogens with one attached hydrogen (secondary N) is 1.